The summed E-state index contributed by atoms with van der Waals surface area (Å²) in [6.45, 7) is -0.0724. The molecule has 0 saturated heterocycles. The second kappa shape index (κ2) is 5.64. The smallest absolute Gasteiger partial charge is 0.305 e. The molecule has 0 aliphatic heterocycles. The molecule has 0 aliphatic rings. The first-order valence-electron chi connectivity index (χ1n) is 3.35. The summed E-state index contributed by atoms with van der Waals surface area (Å²) in [6, 6.07) is 0. The Morgan fingerprint density at radius 1 is 1.55 bits per heavy atom. The number of esters is 1. The maximum Gasteiger partial charge on any atom is 0.305 e. The van der Waals surface area contributed by atoms with Gasteiger partial charge in [0.2, 0.25) is 6.54 Å². The summed E-state index contributed by atoms with van der Waals surface area (Å²) in [5.41, 5.74) is 0. The van der Waals surface area contributed by atoms with Crippen molar-refractivity contribution in [2.45, 2.75) is 19.3 Å². The average molecular weight is 161 g/mol. The third-order valence-electron chi connectivity index (χ3n) is 1.20. The molecule has 0 bridgehead atoms. The quantitative estimate of drug-likeness (QED) is 0.256. The molecule has 0 rings (SSSR count). The van der Waals surface area contributed by atoms with E-state index in [-0.39, 0.29) is 18.9 Å². The number of methoxy groups -OCH3 is 1. The molecule has 11 heavy (non-hydrogen) atoms. The fourth-order valence-corrected chi connectivity index (χ4v) is 0.612. The highest BCUT2D eigenvalue weighted by Crippen LogP contribution is 1.96. The molecule has 0 aromatic heterocycles. The van der Waals surface area contributed by atoms with E-state index >= 15 is 0 Å². The van der Waals surface area contributed by atoms with Gasteiger partial charge in [0, 0.05) is 17.8 Å². The minimum Gasteiger partial charge on any atom is -0.469 e. The SMILES string of the molecule is COC(=O)CCCC[N+](=O)[O-]. The predicted octanol–water partition coefficient (Wildman–Crippen LogP) is 0.606. The maximum absolute atomic E-state index is 10.5. The number of ether oxygens (including phenoxy) is 1. The highest BCUT2D eigenvalue weighted by atomic mass is 16.6. The van der Waals surface area contributed by atoms with E-state index in [4.69, 9.17) is 0 Å². The second-order valence-electron chi connectivity index (χ2n) is 2.09. The second-order valence-corrected chi connectivity index (χ2v) is 2.09. The Kier molecular flexibility index (Phi) is 5.06. The lowest BCUT2D eigenvalue weighted by Gasteiger charge is -1.95. The topological polar surface area (TPSA) is 69.4 Å². The van der Waals surface area contributed by atoms with Gasteiger partial charge in [0.25, 0.3) is 0 Å². The maximum atomic E-state index is 10.5. The van der Waals surface area contributed by atoms with Gasteiger partial charge in [0.05, 0.1) is 7.11 Å². The van der Waals surface area contributed by atoms with Crippen molar-refractivity contribution in [1.82, 2.24) is 0 Å². The number of hydrogen-bond donors (Lipinski definition) is 0. The lowest BCUT2D eigenvalue weighted by molar-refractivity contribution is -0.480. The molecule has 0 amide bonds. The molecule has 0 N–H and O–H groups in total. The minimum atomic E-state index is -0.392. The number of hydrogen-bond acceptors (Lipinski definition) is 4. The standard InChI is InChI=1S/C6H11NO4/c1-11-6(8)4-2-3-5-7(9)10/h2-5H2,1H3. The zero-order valence-electron chi connectivity index (χ0n) is 6.41. The number of nitrogens with zero attached hydrogens (tertiary/aromatic N) is 1. The van der Waals surface area contributed by atoms with Crippen molar-refractivity contribution in [3.63, 3.8) is 0 Å². The van der Waals surface area contributed by atoms with Crippen LogP contribution < -0.4 is 0 Å². The van der Waals surface area contributed by atoms with Crippen LogP contribution in [-0.4, -0.2) is 24.5 Å². The van der Waals surface area contributed by atoms with Crippen molar-refractivity contribution in [3.8, 4) is 0 Å². The van der Waals surface area contributed by atoms with E-state index in [0.29, 0.717) is 12.8 Å². The van der Waals surface area contributed by atoms with Crippen LogP contribution in [0.2, 0.25) is 0 Å². The van der Waals surface area contributed by atoms with Crippen LogP contribution in [0.5, 0.6) is 0 Å². The van der Waals surface area contributed by atoms with E-state index in [2.05, 4.69) is 4.74 Å². The van der Waals surface area contributed by atoms with Crippen LogP contribution >= 0.6 is 0 Å². The van der Waals surface area contributed by atoms with Crippen molar-refractivity contribution < 1.29 is 14.5 Å². The van der Waals surface area contributed by atoms with Crippen molar-refractivity contribution in [3.05, 3.63) is 10.1 Å². The van der Waals surface area contributed by atoms with E-state index in [1.54, 1.807) is 0 Å². The van der Waals surface area contributed by atoms with Gasteiger partial charge in [0.1, 0.15) is 0 Å². The minimum absolute atomic E-state index is 0.0724. The Hall–Kier alpha value is -1.13. The van der Waals surface area contributed by atoms with E-state index in [1.165, 1.54) is 7.11 Å². The van der Waals surface area contributed by atoms with E-state index in [1.807, 2.05) is 0 Å². The van der Waals surface area contributed by atoms with E-state index in [0.717, 1.165) is 0 Å². The molecule has 0 radical (unpaired) electrons. The largest absolute Gasteiger partial charge is 0.469 e. The molecule has 0 aliphatic carbocycles. The van der Waals surface area contributed by atoms with Crippen LogP contribution in [0.3, 0.4) is 0 Å². The summed E-state index contributed by atoms with van der Waals surface area (Å²) in [6.07, 6.45) is 1.22. The molecule has 5 heteroatoms. The van der Waals surface area contributed by atoms with Gasteiger partial charge in [-0.15, -0.1) is 0 Å². The molecule has 0 aromatic rings. The fraction of sp³-hybridized carbons (Fsp3) is 0.833. The summed E-state index contributed by atoms with van der Waals surface area (Å²) in [5.74, 6) is -0.312. The summed E-state index contributed by atoms with van der Waals surface area (Å²) in [7, 11) is 1.30. The Morgan fingerprint density at radius 2 is 2.18 bits per heavy atom. The van der Waals surface area contributed by atoms with Crippen LogP contribution in [0.4, 0.5) is 0 Å². The monoisotopic (exact) mass is 161 g/mol. The number of carbonyl (C=O) groups is 1. The van der Waals surface area contributed by atoms with E-state index < -0.39 is 4.92 Å². The first-order valence-corrected chi connectivity index (χ1v) is 3.35. The number of carbonyl (C=O) groups excluding carboxylic acids is 1. The molecule has 0 spiro atoms. The van der Waals surface area contributed by atoms with Crippen LogP contribution in [0.15, 0.2) is 0 Å². The van der Waals surface area contributed by atoms with Gasteiger partial charge in [-0.05, 0) is 6.42 Å². The van der Waals surface area contributed by atoms with E-state index in [9.17, 15) is 14.9 Å². The van der Waals surface area contributed by atoms with Gasteiger partial charge >= 0.3 is 5.97 Å². The average Bonchev–Trinajstić information content (AvgIpc) is 1.97. The van der Waals surface area contributed by atoms with Gasteiger partial charge in [0.15, 0.2) is 0 Å². The molecule has 0 heterocycles. The van der Waals surface area contributed by atoms with Gasteiger partial charge in [-0.3, -0.25) is 14.9 Å². The van der Waals surface area contributed by atoms with Crippen molar-refractivity contribution in [1.29, 1.82) is 0 Å². The summed E-state index contributed by atoms with van der Waals surface area (Å²) in [4.78, 5) is 19.9. The third kappa shape index (κ3) is 6.76. The normalized spacial score (nSPS) is 9.18. The summed E-state index contributed by atoms with van der Waals surface area (Å²) >= 11 is 0. The summed E-state index contributed by atoms with van der Waals surface area (Å²) < 4.78 is 4.35. The van der Waals surface area contributed by atoms with Crippen LogP contribution in [0.25, 0.3) is 0 Å². The van der Waals surface area contributed by atoms with Gasteiger partial charge < -0.3 is 4.74 Å². The third-order valence-corrected chi connectivity index (χ3v) is 1.20. The van der Waals surface area contributed by atoms with Gasteiger partial charge in [-0.2, -0.15) is 0 Å². The Morgan fingerprint density at radius 3 is 2.64 bits per heavy atom. The number of nitro groups is 1. The van der Waals surface area contributed by atoms with Crippen molar-refractivity contribution in [2.24, 2.45) is 0 Å². The van der Waals surface area contributed by atoms with Crippen LogP contribution in [0, 0.1) is 10.1 Å². The highest BCUT2D eigenvalue weighted by molar-refractivity contribution is 5.68. The molecule has 0 atom stereocenters. The van der Waals surface area contributed by atoms with Gasteiger partial charge in [-0.25, -0.2) is 0 Å². The molecule has 5 nitrogen and oxygen atoms in total. The van der Waals surface area contributed by atoms with Crippen LogP contribution in [-0.2, 0) is 9.53 Å². The predicted molar refractivity (Wildman–Crippen MR) is 37.7 cm³/mol. The fourth-order valence-electron chi connectivity index (χ4n) is 0.612. The Balaban J connectivity index is 3.14. The van der Waals surface area contributed by atoms with Crippen molar-refractivity contribution >= 4 is 5.97 Å². The van der Waals surface area contributed by atoms with Crippen molar-refractivity contribution in [2.75, 3.05) is 13.7 Å². The van der Waals surface area contributed by atoms with Crippen LogP contribution in [0.1, 0.15) is 19.3 Å². The lowest BCUT2D eigenvalue weighted by atomic mass is 10.2. The molecule has 0 saturated carbocycles. The molecular weight excluding hydrogens is 150 g/mol. The molecule has 64 valence electrons. The first-order chi connectivity index (χ1) is 5.16. The lowest BCUT2D eigenvalue weighted by Crippen LogP contribution is -2.03. The molecular formula is C6H11NO4. The zero-order valence-corrected chi connectivity index (χ0v) is 6.41. The number of rotatable bonds is 5. The highest BCUT2D eigenvalue weighted by Gasteiger charge is 2.01. The Bertz CT molecular complexity index is 146. The summed E-state index contributed by atoms with van der Waals surface area (Å²) in [5, 5.41) is 9.80. The molecule has 0 unspecified atom stereocenters. The zero-order chi connectivity index (χ0) is 8.69. The molecule has 0 aromatic carbocycles. The number of unbranched alkanes of at least 4 members (excludes halogenated alkanes) is 1. The molecule has 0 fully saturated rings. The van der Waals surface area contributed by atoms with Gasteiger partial charge in [-0.1, -0.05) is 0 Å². The first kappa shape index (κ1) is 9.87. The Labute approximate surface area is 64.5 Å².